The average Bonchev–Trinajstić information content (AvgIpc) is 2.78. The van der Waals surface area contributed by atoms with Crippen molar-refractivity contribution in [3.05, 3.63) is 10.8 Å². The summed E-state index contributed by atoms with van der Waals surface area (Å²) >= 11 is 1.61. The second-order valence-corrected chi connectivity index (χ2v) is 4.70. The van der Waals surface area contributed by atoms with Gasteiger partial charge < -0.3 is 5.73 Å². The van der Waals surface area contributed by atoms with Gasteiger partial charge in [-0.15, -0.1) is 10.2 Å². The van der Waals surface area contributed by atoms with Gasteiger partial charge in [-0.25, -0.2) is 0 Å². The Labute approximate surface area is 92.3 Å². The van der Waals surface area contributed by atoms with E-state index in [0.717, 1.165) is 35.2 Å². The van der Waals surface area contributed by atoms with Crippen LogP contribution in [0.25, 0.3) is 4.96 Å². The molecule has 0 saturated carbocycles. The van der Waals surface area contributed by atoms with Gasteiger partial charge in [-0.05, 0) is 26.3 Å². The van der Waals surface area contributed by atoms with Crippen molar-refractivity contribution < 1.29 is 0 Å². The molecule has 2 heterocycles. The summed E-state index contributed by atoms with van der Waals surface area (Å²) in [6.07, 6.45) is 2.12. The number of fused-ring (bicyclic) bond motifs is 1. The minimum absolute atomic E-state index is 0.458. The van der Waals surface area contributed by atoms with E-state index in [1.165, 1.54) is 0 Å². The number of rotatable bonds is 4. The topological polar surface area (TPSA) is 69.1 Å². The molecule has 6 heteroatoms. The Morgan fingerprint density at radius 1 is 1.47 bits per heavy atom. The molecule has 2 aromatic rings. The molecular weight excluding hydrogens is 210 g/mol. The van der Waals surface area contributed by atoms with Gasteiger partial charge in [-0.3, -0.25) is 0 Å². The van der Waals surface area contributed by atoms with Gasteiger partial charge in [0.15, 0.2) is 5.82 Å². The maximum Gasteiger partial charge on any atom is 0.234 e. The molecule has 0 aliphatic heterocycles. The molecule has 1 atom stereocenters. The van der Waals surface area contributed by atoms with Gasteiger partial charge >= 0.3 is 0 Å². The number of hydrogen-bond donors (Lipinski definition) is 1. The number of nitrogens with two attached hydrogens (primary N) is 1. The fraction of sp³-hybridized carbons (Fsp3) is 0.667. The normalized spacial score (nSPS) is 13.5. The van der Waals surface area contributed by atoms with E-state index in [1.807, 2.05) is 6.92 Å². The van der Waals surface area contributed by atoms with E-state index in [0.29, 0.717) is 5.92 Å². The zero-order chi connectivity index (χ0) is 10.8. The molecule has 0 aromatic carbocycles. The number of aromatic nitrogens is 4. The lowest BCUT2D eigenvalue weighted by molar-refractivity contribution is 0.626. The first-order valence-electron chi connectivity index (χ1n) is 5.11. The Kier molecular flexibility index (Phi) is 2.97. The Balaban J connectivity index is 2.20. The smallest absolute Gasteiger partial charge is 0.234 e. The Morgan fingerprint density at radius 3 is 2.93 bits per heavy atom. The predicted octanol–water partition coefficient (Wildman–Crippen LogP) is 1.34. The average molecular weight is 225 g/mol. The van der Waals surface area contributed by atoms with Crippen LogP contribution in [0, 0.1) is 6.92 Å². The number of aryl methyl sites for hydroxylation is 1. The monoisotopic (exact) mass is 225 g/mol. The van der Waals surface area contributed by atoms with Crippen molar-refractivity contribution in [1.29, 1.82) is 0 Å². The van der Waals surface area contributed by atoms with Crippen LogP contribution in [0.15, 0.2) is 0 Å². The van der Waals surface area contributed by atoms with Crippen molar-refractivity contribution in [3.63, 3.8) is 0 Å². The molecule has 0 spiro atoms. The van der Waals surface area contributed by atoms with Crippen molar-refractivity contribution in [2.24, 2.45) is 5.73 Å². The third-order valence-corrected chi connectivity index (χ3v) is 3.56. The van der Waals surface area contributed by atoms with Crippen LogP contribution >= 0.6 is 11.3 Å². The van der Waals surface area contributed by atoms with Gasteiger partial charge in [-0.2, -0.15) is 9.61 Å². The van der Waals surface area contributed by atoms with Crippen LogP contribution in [0.5, 0.6) is 0 Å². The zero-order valence-electron chi connectivity index (χ0n) is 8.97. The third kappa shape index (κ3) is 2.00. The van der Waals surface area contributed by atoms with Crippen LogP contribution in [0.3, 0.4) is 0 Å². The van der Waals surface area contributed by atoms with E-state index in [4.69, 9.17) is 5.73 Å². The highest BCUT2D eigenvalue weighted by Crippen LogP contribution is 2.25. The summed E-state index contributed by atoms with van der Waals surface area (Å²) < 4.78 is 1.80. The molecule has 2 rings (SSSR count). The van der Waals surface area contributed by atoms with Gasteiger partial charge in [-0.1, -0.05) is 18.3 Å². The number of nitrogens with zero attached hydrogens (tertiary/aromatic N) is 4. The molecule has 5 nitrogen and oxygen atoms in total. The summed E-state index contributed by atoms with van der Waals surface area (Å²) in [5.41, 5.74) is 5.49. The van der Waals surface area contributed by atoms with Gasteiger partial charge in [0.05, 0.1) is 0 Å². The summed E-state index contributed by atoms with van der Waals surface area (Å²) in [6.45, 7) is 4.83. The molecule has 1 unspecified atom stereocenters. The summed E-state index contributed by atoms with van der Waals surface area (Å²) in [4.78, 5) is 0.877. The predicted molar refractivity (Wildman–Crippen MR) is 60.1 cm³/mol. The first-order chi connectivity index (χ1) is 7.22. The minimum atomic E-state index is 0.458. The molecule has 0 saturated heterocycles. The Bertz CT molecular complexity index is 446. The van der Waals surface area contributed by atoms with Crippen LogP contribution in [0.4, 0.5) is 0 Å². The first kappa shape index (κ1) is 10.5. The van der Waals surface area contributed by atoms with E-state index in [1.54, 1.807) is 15.9 Å². The third-order valence-electron chi connectivity index (χ3n) is 2.43. The summed E-state index contributed by atoms with van der Waals surface area (Å²) in [5.74, 6) is 1.30. The largest absolute Gasteiger partial charge is 0.330 e. The fourth-order valence-corrected chi connectivity index (χ4v) is 2.45. The lowest BCUT2D eigenvalue weighted by Gasteiger charge is -2.04. The highest BCUT2D eigenvalue weighted by molar-refractivity contribution is 7.16. The highest BCUT2D eigenvalue weighted by atomic mass is 32.1. The van der Waals surface area contributed by atoms with Crippen LogP contribution in [0.2, 0.25) is 0 Å². The Morgan fingerprint density at radius 2 is 2.27 bits per heavy atom. The first-order valence-corrected chi connectivity index (χ1v) is 5.93. The van der Waals surface area contributed by atoms with Crippen LogP contribution in [-0.2, 0) is 0 Å². The van der Waals surface area contributed by atoms with E-state index >= 15 is 0 Å². The fourth-order valence-electron chi connectivity index (χ4n) is 1.48. The standard InChI is InChI=1S/C9H15N5S/c1-6(4-3-5-10)8-13-14-7(2)11-12-9(14)15-8/h6H,3-5,10H2,1-2H3. The van der Waals surface area contributed by atoms with Gasteiger partial charge in [0.1, 0.15) is 5.01 Å². The van der Waals surface area contributed by atoms with Crippen molar-refractivity contribution in [2.45, 2.75) is 32.6 Å². The lowest BCUT2D eigenvalue weighted by Crippen LogP contribution is -2.02. The highest BCUT2D eigenvalue weighted by Gasteiger charge is 2.13. The van der Waals surface area contributed by atoms with Crippen molar-refractivity contribution >= 4 is 16.3 Å². The molecule has 0 aliphatic carbocycles. The molecule has 0 aliphatic rings. The molecule has 0 radical (unpaired) electrons. The van der Waals surface area contributed by atoms with E-state index in [-0.39, 0.29) is 0 Å². The lowest BCUT2D eigenvalue weighted by atomic mass is 10.1. The van der Waals surface area contributed by atoms with Crippen LogP contribution in [0.1, 0.15) is 36.5 Å². The van der Waals surface area contributed by atoms with E-state index in [9.17, 15) is 0 Å². The van der Waals surface area contributed by atoms with E-state index < -0.39 is 0 Å². The van der Waals surface area contributed by atoms with Crippen LogP contribution in [-0.4, -0.2) is 26.4 Å². The van der Waals surface area contributed by atoms with Crippen LogP contribution < -0.4 is 5.73 Å². The molecule has 15 heavy (non-hydrogen) atoms. The molecule has 0 amide bonds. The van der Waals surface area contributed by atoms with Gasteiger partial charge in [0.2, 0.25) is 4.96 Å². The Hall–Kier alpha value is -1.01. The van der Waals surface area contributed by atoms with E-state index in [2.05, 4.69) is 22.2 Å². The molecule has 2 N–H and O–H groups in total. The molecule has 82 valence electrons. The quantitative estimate of drug-likeness (QED) is 0.852. The van der Waals surface area contributed by atoms with Crippen molar-refractivity contribution in [2.75, 3.05) is 6.54 Å². The van der Waals surface area contributed by atoms with Gasteiger partial charge in [0, 0.05) is 5.92 Å². The zero-order valence-corrected chi connectivity index (χ0v) is 9.79. The summed E-state index contributed by atoms with van der Waals surface area (Å²) in [6, 6.07) is 0. The summed E-state index contributed by atoms with van der Waals surface area (Å²) in [5, 5.41) is 13.6. The SMILES string of the molecule is Cc1nnc2sc(C(C)CCCN)nn12. The maximum absolute atomic E-state index is 5.49. The molecule has 0 fully saturated rings. The van der Waals surface area contributed by atoms with Crippen molar-refractivity contribution in [3.8, 4) is 0 Å². The van der Waals surface area contributed by atoms with Crippen molar-refractivity contribution in [1.82, 2.24) is 19.8 Å². The second-order valence-electron chi connectivity index (χ2n) is 3.71. The molecule has 2 aromatic heterocycles. The summed E-state index contributed by atoms with van der Waals surface area (Å²) in [7, 11) is 0. The van der Waals surface area contributed by atoms with Gasteiger partial charge in [0.25, 0.3) is 0 Å². The maximum atomic E-state index is 5.49. The minimum Gasteiger partial charge on any atom is -0.330 e. The number of hydrogen-bond acceptors (Lipinski definition) is 5. The molecule has 0 bridgehead atoms. The molecular formula is C9H15N5S. The second kappa shape index (κ2) is 4.24.